The highest BCUT2D eigenvalue weighted by Gasteiger charge is 2.28. The first kappa shape index (κ1) is 14.3. The molecule has 1 saturated heterocycles. The van der Waals surface area contributed by atoms with Crippen molar-refractivity contribution in [1.82, 2.24) is 9.47 Å². The van der Waals surface area contributed by atoms with Crippen molar-refractivity contribution >= 4 is 0 Å². The lowest BCUT2D eigenvalue weighted by atomic mass is 10.2. The first-order valence-electron chi connectivity index (χ1n) is 7.92. The molecule has 1 atom stereocenters. The fourth-order valence-corrected chi connectivity index (χ4v) is 3.01. The van der Waals surface area contributed by atoms with E-state index in [1.807, 2.05) is 12.1 Å². The van der Waals surface area contributed by atoms with Gasteiger partial charge >= 0.3 is 0 Å². The zero-order valence-electron chi connectivity index (χ0n) is 13.2. The molecule has 2 aromatic heterocycles. The second-order valence-electron chi connectivity index (χ2n) is 5.96. The zero-order valence-corrected chi connectivity index (χ0v) is 13.2. The third kappa shape index (κ3) is 2.96. The molecule has 1 aromatic carbocycles. The van der Waals surface area contributed by atoms with Crippen molar-refractivity contribution in [3.63, 3.8) is 0 Å². The quantitative estimate of drug-likeness (QED) is 0.732. The number of rotatable bonds is 4. The van der Waals surface area contributed by atoms with Gasteiger partial charge in [0.05, 0.1) is 19.4 Å². The summed E-state index contributed by atoms with van der Waals surface area (Å²) < 4.78 is 13.5. The molecular weight excluding hydrogens is 288 g/mol. The topological polar surface area (TPSA) is 30.5 Å². The van der Waals surface area contributed by atoms with E-state index in [1.54, 1.807) is 6.26 Å². The van der Waals surface area contributed by atoms with Gasteiger partial charge in [-0.05, 0) is 37.3 Å². The minimum absolute atomic E-state index is 0.00759. The number of aryl methyl sites for hydroxylation is 1. The van der Waals surface area contributed by atoms with Gasteiger partial charge in [0.2, 0.25) is 0 Å². The molecule has 1 aliphatic heterocycles. The van der Waals surface area contributed by atoms with Crippen LogP contribution in [-0.2, 0) is 11.3 Å². The molecule has 1 aliphatic rings. The van der Waals surface area contributed by atoms with Crippen LogP contribution in [0.2, 0.25) is 0 Å². The van der Waals surface area contributed by atoms with Gasteiger partial charge in [0.1, 0.15) is 12.0 Å². The van der Waals surface area contributed by atoms with Crippen molar-refractivity contribution in [3.05, 3.63) is 78.0 Å². The van der Waals surface area contributed by atoms with Gasteiger partial charge in [-0.1, -0.05) is 17.7 Å². The first-order valence-corrected chi connectivity index (χ1v) is 7.92. The lowest BCUT2D eigenvalue weighted by Crippen LogP contribution is -2.22. The van der Waals surface area contributed by atoms with Gasteiger partial charge in [-0.25, -0.2) is 0 Å². The predicted molar refractivity (Wildman–Crippen MR) is 88.3 cm³/mol. The van der Waals surface area contributed by atoms with Crippen LogP contribution in [0.25, 0.3) is 5.69 Å². The zero-order chi connectivity index (χ0) is 15.6. The molecule has 4 nitrogen and oxygen atoms in total. The van der Waals surface area contributed by atoms with Crippen molar-refractivity contribution in [2.24, 2.45) is 0 Å². The molecule has 0 bridgehead atoms. The molecule has 3 heterocycles. The van der Waals surface area contributed by atoms with Crippen LogP contribution in [0.15, 0.2) is 65.5 Å². The Morgan fingerprint density at radius 3 is 2.78 bits per heavy atom. The largest absolute Gasteiger partial charge is 0.468 e. The standard InChI is InChI=1S/C19H20N2O2/c1-15-4-6-17(7-5-15)20-9-8-16(13-20)19-21(10-12-23-19)14-18-3-2-11-22-18/h2-9,11,13,19H,10,12,14H2,1H3/t19-/m0/s1. The highest BCUT2D eigenvalue weighted by Crippen LogP contribution is 2.29. The van der Waals surface area contributed by atoms with Crippen LogP contribution in [0.3, 0.4) is 0 Å². The monoisotopic (exact) mass is 308 g/mol. The van der Waals surface area contributed by atoms with Gasteiger partial charge in [-0.2, -0.15) is 0 Å². The van der Waals surface area contributed by atoms with Gasteiger partial charge in [0.15, 0.2) is 0 Å². The smallest absolute Gasteiger partial charge is 0.138 e. The highest BCUT2D eigenvalue weighted by atomic mass is 16.5. The van der Waals surface area contributed by atoms with Gasteiger partial charge in [-0.15, -0.1) is 0 Å². The van der Waals surface area contributed by atoms with E-state index in [2.05, 4.69) is 59.1 Å². The Bertz CT molecular complexity index is 759. The Labute approximate surface area is 135 Å². The number of furan rings is 1. The van der Waals surface area contributed by atoms with Crippen LogP contribution in [-0.4, -0.2) is 22.6 Å². The van der Waals surface area contributed by atoms with E-state index in [9.17, 15) is 0 Å². The number of ether oxygens (including phenoxy) is 1. The van der Waals surface area contributed by atoms with E-state index in [0.29, 0.717) is 0 Å². The lowest BCUT2D eigenvalue weighted by Gasteiger charge is -2.21. The molecule has 0 saturated carbocycles. The summed E-state index contributed by atoms with van der Waals surface area (Å²) in [6.07, 6.45) is 5.95. The maximum atomic E-state index is 5.94. The van der Waals surface area contributed by atoms with Gasteiger partial charge in [-0.3, -0.25) is 4.90 Å². The van der Waals surface area contributed by atoms with Crippen LogP contribution in [0.1, 0.15) is 23.1 Å². The van der Waals surface area contributed by atoms with Gasteiger partial charge < -0.3 is 13.7 Å². The first-order chi connectivity index (χ1) is 11.3. The summed E-state index contributed by atoms with van der Waals surface area (Å²) in [5.41, 5.74) is 3.61. The summed E-state index contributed by atoms with van der Waals surface area (Å²) in [6, 6.07) is 14.6. The van der Waals surface area contributed by atoms with Crippen LogP contribution in [0.4, 0.5) is 0 Å². The van der Waals surface area contributed by atoms with Crippen molar-refractivity contribution in [1.29, 1.82) is 0 Å². The Morgan fingerprint density at radius 2 is 2.00 bits per heavy atom. The van der Waals surface area contributed by atoms with Crippen LogP contribution in [0, 0.1) is 6.92 Å². The average molecular weight is 308 g/mol. The average Bonchev–Trinajstić information content (AvgIpc) is 3.29. The highest BCUT2D eigenvalue weighted by molar-refractivity contribution is 5.36. The van der Waals surface area contributed by atoms with Crippen molar-refractivity contribution in [2.75, 3.05) is 13.2 Å². The fourth-order valence-electron chi connectivity index (χ4n) is 3.01. The molecule has 0 amide bonds. The maximum Gasteiger partial charge on any atom is 0.138 e. The third-order valence-corrected chi connectivity index (χ3v) is 4.26. The van der Waals surface area contributed by atoms with Gasteiger partial charge in [0.25, 0.3) is 0 Å². The summed E-state index contributed by atoms with van der Waals surface area (Å²) in [5.74, 6) is 0.971. The molecule has 118 valence electrons. The molecule has 4 heteroatoms. The Kier molecular flexibility index (Phi) is 3.77. The van der Waals surface area contributed by atoms with E-state index in [1.165, 1.54) is 11.1 Å². The molecule has 3 aromatic rings. The Hall–Kier alpha value is -2.30. The number of hydrogen-bond donors (Lipinski definition) is 0. The van der Waals surface area contributed by atoms with Crippen molar-refractivity contribution in [3.8, 4) is 5.69 Å². The summed E-state index contributed by atoms with van der Waals surface area (Å²) in [7, 11) is 0. The fraction of sp³-hybridized carbons (Fsp3) is 0.263. The van der Waals surface area contributed by atoms with E-state index < -0.39 is 0 Å². The van der Waals surface area contributed by atoms with E-state index in [4.69, 9.17) is 9.15 Å². The second kappa shape index (κ2) is 6.07. The number of aromatic nitrogens is 1. The Balaban J connectivity index is 1.54. The molecule has 0 radical (unpaired) electrons. The predicted octanol–water partition coefficient (Wildman–Crippen LogP) is 3.91. The minimum atomic E-state index is -0.00759. The molecular formula is C19H20N2O2. The van der Waals surface area contributed by atoms with Gasteiger partial charge in [0, 0.05) is 30.2 Å². The number of nitrogens with zero attached hydrogens (tertiary/aromatic N) is 2. The minimum Gasteiger partial charge on any atom is -0.468 e. The molecule has 1 fully saturated rings. The molecule has 0 aliphatic carbocycles. The van der Waals surface area contributed by atoms with E-state index in [0.717, 1.165) is 31.1 Å². The molecule has 0 spiro atoms. The molecule has 0 N–H and O–H groups in total. The summed E-state index contributed by atoms with van der Waals surface area (Å²) >= 11 is 0. The Morgan fingerprint density at radius 1 is 1.13 bits per heavy atom. The van der Waals surface area contributed by atoms with E-state index in [-0.39, 0.29) is 6.23 Å². The van der Waals surface area contributed by atoms with Crippen LogP contribution < -0.4 is 0 Å². The SMILES string of the molecule is Cc1ccc(-n2ccc([C@@H]3OCCN3Cc3ccco3)c2)cc1. The normalized spacial score (nSPS) is 18.6. The molecule has 23 heavy (non-hydrogen) atoms. The second-order valence-corrected chi connectivity index (χ2v) is 5.96. The third-order valence-electron chi connectivity index (χ3n) is 4.26. The van der Waals surface area contributed by atoms with Crippen LogP contribution in [0.5, 0.6) is 0 Å². The lowest BCUT2D eigenvalue weighted by molar-refractivity contribution is 0.0258. The van der Waals surface area contributed by atoms with Crippen molar-refractivity contribution < 1.29 is 9.15 Å². The maximum absolute atomic E-state index is 5.94. The van der Waals surface area contributed by atoms with E-state index >= 15 is 0 Å². The van der Waals surface area contributed by atoms with Crippen molar-refractivity contribution in [2.45, 2.75) is 19.7 Å². The molecule has 0 unspecified atom stereocenters. The summed E-state index contributed by atoms with van der Waals surface area (Å²) in [6.45, 7) is 4.54. The number of hydrogen-bond acceptors (Lipinski definition) is 3. The summed E-state index contributed by atoms with van der Waals surface area (Å²) in [5, 5.41) is 0. The summed E-state index contributed by atoms with van der Waals surface area (Å²) in [4.78, 5) is 2.30. The van der Waals surface area contributed by atoms with Crippen LogP contribution >= 0.6 is 0 Å². The molecule has 4 rings (SSSR count). The number of benzene rings is 1.